The lowest BCUT2D eigenvalue weighted by Gasteiger charge is -2.30. The van der Waals surface area contributed by atoms with Gasteiger partial charge in [-0.25, -0.2) is 8.42 Å². The summed E-state index contributed by atoms with van der Waals surface area (Å²) in [4.78, 5) is 13.2. The van der Waals surface area contributed by atoms with Crippen LogP contribution in [-0.2, 0) is 21.2 Å². The second-order valence-electron chi connectivity index (χ2n) is 6.39. The smallest absolute Gasteiger partial charge is 0.252 e. The maximum Gasteiger partial charge on any atom is 0.252 e. The SMILES string of the molecule is CCc1ccc(S(=O)(=O)N2CCC(C(=O)NCC(C)C)CC2)s1. The molecular weight excluding hydrogens is 332 g/mol. The molecule has 0 bridgehead atoms. The van der Waals surface area contributed by atoms with E-state index < -0.39 is 10.0 Å². The Kier molecular flexibility index (Phi) is 6.22. The summed E-state index contributed by atoms with van der Waals surface area (Å²) in [6.45, 7) is 7.64. The molecule has 1 fully saturated rings. The van der Waals surface area contributed by atoms with E-state index in [9.17, 15) is 13.2 Å². The Bertz CT molecular complexity index is 630. The van der Waals surface area contributed by atoms with Gasteiger partial charge >= 0.3 is 0 Å². The number of amides is 1. The minimum atomic E-state index is -3.41. The van der Waals surface area contributed by atoms with Crippen LogP contribution in [0, 0.1) is 11.8 Å². The molecule has 0 aromatic carbocycles. The van der Waals surface area contributed by atoms with E-state index in [1.165, 1.54) is 15.6 Å². The van der Waals surface area contributed by atoms with Gasteiger partial charge in [0.25, 0.3) is 10.0 Å². The van der Waals surface area contributed by atoms with Gasteiger partial charge in [0.15, 0.2) is 0 Å². The van der Waals surface area contributed by atoms with E-state index in [1.807, 2.05) is 13.0 Å². The van der Waals surface area contributed by atoms with Gasteiger partial charge < -0.3 is 5.32 Å². The van der Waals surface area contributed by atoms with E-state index in [1.54, 1.807) is 6.07 Å². The van der Waals surface area contributed by atoms with Gasteiger partial charge in [0.1, 0.15) is 4.21 Å². The minimum absolute atomic E-state index is 0.0557. The second kappa shape index (κ2) is 7.77. The monoisotopic (exact) mass is 358 g/mol. The van der Waals surface area contributed by atoms with Gasteiger partial charge in [-0.1, -0.05) is 20.8 Å². The summed E-state index contributed by atoms with van der Waals surface area (Å²) in [5, 5.41) is 2.94. The minimum Gasteiger partial charge on any atom is -0.356 e. The van der Waals surface area contributed by atoms with Gasteiger partial charge in [0, 0.05) is 30.4 Å². The van der Waals surface area contributed by atoms with Crippen LogP contribution < -0.4 is 5.32 Å². The molecule has 1 aliphatic rings. The Morgan fingerprint density at radius 3 is 2.52 bits per heavy atom. The molecule has 2 rings (SSSR count). The molecule has 1 saturated heterocycles. The number of hydrogen-bond donors (Lipinski definition) is 1. The molecule has 130 valence electrons. The number of hydrogen-bond acceptors (Lipinski definition) is 4. The highest BCUT2D eigenvalue weighted by atomic mass is 32.2. The van der Waals surface area contributed by atoms with Gasteiger partial charge in [-0.15, -0.1) is 11.3 Å². The Balaban J connectivity index is 1.94. The van der Waals surface area contributed by atoms with E-state index in [4.69, 9.17) is 0 Å². The van der Waals surface area contributed by atoms with E-state index in [0.717, 1.165) is 11.3 Å². The van der Waals surface area contributed by atoms with Crippen LogP contribution >= 0.6 is 11.3 Å². The van der Waals surface area contributed by atoms with Gasteiger partial charge in [-0.2, -0.15) is 4.31 Å². The maximum atomic E-state index is 12.6. The number of nitrogens with one attached hydrogen (secondary N) is 1. The molecule has 0 radical (unpaired) electrons. The first-order valence-corrected chi connectivity index (χ1v) is 10.5. The molecule has 1 aliphatic heterocycles. The Labute approximate surface area is 143 Å². The number of aryl methyl sites for hydroxylation is 1. The number of carbonyl (C=O) groups excluding carboxylic acids is 1. The fraction of sp³-hybridized carbons (Fsp3) is 0.688. The van der Waals surface area contributed by atoms with Crippen LogP contribution in [0.4, 0.5) is 0 Å². The second-order valence-corrected chi connectivity index (χ2v) is 9.72. The molecule has 0 aliphatic carbocycles. The zero-order chi connectivity index (χ0) is 17.0. The van der Waals surface area contributed by atoms with Crippen LogP contribution in [0.3, 0.4) is 0 Å². The van der Waals surface area contributed by atoms with Crippen molar-refractivity contribution in [1.29, 1.82) is 0 Å². The zero-order valence-electron chi connectivity index (χ0n) is 14.0. The standard InChI is InChI=1S/C16H26N2O3S2/c1-4-14-5-6-15(22-14)23(20,21)18-9-7-13(8-10-18)16(19)17-11-12(2)3/h5-6,12-13H,4,7-11H2,1-3H3,(H,17,19). The highest BCUT2D eigenvalue weighted by Crippen LogP contribution is 2.28. The third-order valence-corrected chi connectivity index (χ3v) is 7.68. The van der Waals surface area contributed by atoms with Gasteiger partial charge in [-0.3, -0.25) is 4.79 Å². The molecule has 23 heavy (non-hydrogen) atoms. The summed E-state index contributed by atoms with van der Waals surface area (Å²) in [6, 6.07) is 3.57. The van der Waals surface area contributed by atoms with Crippen molar-refractivity contribution < 1.29 is 13.2 Å². The molecule has 1 N–H and O–H groups in total. The predicted octanol–water partition coefficient (Wildman–Crippen LogP) is 2.48. The first-order chi connectivity index (χ1) is 10.8. The van der Waals surface area contributed by atoms with Gasteiger partial charge in [0.2, 0.25) is 5.91 Å². The number of thiophene rings is 1. The highest BCUT2D eigenvalue weighted by molar-refractivity contribution is 7.91. The fourth-order valence-electron chi connectivity index (χ4n) is 2.62. The number of nitrogens with zero attached hydrogens (tertiary/aromatic N) is 1. The Morgan fingerprint density at radius 2 is 2.00 bits per heavy atom. The van der Waals surface area contributed by atoms with Crippen LogP contribution in [0.1, 0.15) is 38.5 Å². The van der Waals surface area contributed by atoms with Crippen molar-refractivity contribution >= 4 is 27.3 Å². The average Bonchev–Trinajstić information content (AvgIpc) is 3.02. The largest absolute Gasteiger partial charge is 0.356 e. The first-order valence-electron chi connectivity index (χ1n) is 8.21. The lowest BCUT2D eigenvalue weighted by Crippen LogP contribution is -2.43. The first kappa shape index (κ1) is 18.4. The average molecular weight is 359 g/mol. The Hall–Kier alpha value is -0.920. The maximum absolute atomic E-state index is 12.6. The van der Waals surface area contributed by atoms with Crippen molar-refractivity contribution in [2.24, 2.45) is 11.8 Å². The van der Waals surface area contributed by atoms with E-state index in [2.05, 4.69) is 19.2 Å². The lowest BCUT2D eigenvalue weighted by molar-refractivity contribution is -0.126. The molecule has 1 amide bonds. The quantitative estimate of drug-likeness (QED) is 0.849. The molecular formula is C16H26N2O3S2. The number of rotatable bonds is 6. The molecule has 1 aromatic rings. The molecule has 5 nitrogen and oxygen atoms in total. The number of sulfonamides is 1. The van der Waals surface area contributed by atoms with Crippen LogP contribution in [0.15, 0.2) is 16.3 Å². The van der Waals surface area contributed by atoms with Crippen LogP contribution in [-0.4, -0.2) is 38.3 Å². The summed E-state index contributed by atoms with van der Waals surface area (Å²) >= 11 is 1.34. The molecule has 1 aromatic heterocycles. The van der Waals surface area contributed by atoms with E-state index >= 15 is 0 Å². The summed E-state index contributed by atoms with van der Waals surface area (Å²) in [6.07, 6.45) is 2.03. The lowest BCUT2D eigenvalue weighted by atomic mass is 9.97. The number of piperidine rings is 1. The van der Waals surface area contributed by atoms with Crippen LogP contribution in [0.5, 0.6) is 0 Å². The third kappa shape index (κ3) is 4.55. The molecule has 0 unspecified atom stereocenters. The summed E-state index contributed by atoms with van der Waals surface area (Å²) in [7, 11) is -3.41. The summed E-state index contributed by atoms with van der Waals surface area (Å²) in [5.41, 5.74) is 0. The Morgan fingerprint density at radius 1 is 1.35 bits per heavy atom. The zero-order valence-corrected chi connectivity index (χ0v) is 15.7. The third-order valence-electron chi connectivity index (χ3n) is 4.09. The van der Waals surface area contributed by atoms with Crippen molar-refractivity contribution in [2.75, 3.05) is 19.6 Å². The molecule has 0 spiro atoms. The molecule has 0 saturated carbocycles. The molecule has 7 heteroatoms. The fourth-order valence-corrected chi connectivity index (χ4v) is 5.54. The van der Waals surface area contributed by atoms with Crippen molar-refractivity contribution in [3.05, 3.63) is 17.0 Å². The molecule has 0 atom stereocenters. The summed E-state index contributed by atoms with van der Waals surface area (Å²) < 4.78 is 27.2. The predicted molar refractivity (Wildman–Crippen MR) is 93.0 cm³/mol. The van der Waals surface area contributed by atoms with Gasteiger partial charge in [0.05, 0.1) is 0 Å². The topological polar surface area (TPSA) is 66.5 Å². The van der Waals surface area contributed by atoms with E-state index in [0.29, 0.717) is 42.6 Å². The molecule has 2 heterocycles. The van der Waals surface area contributed by atoms with Crippen molar-refractivity contribution in [1.82, 2.24) is 9.62 Å². The van der Waals surface area contributed by atoms with E-state index in [-0.39, 0.29) is 11.8 Å². The normalized spacial score (nSPS) is 17.6. The van der Waals surface area contributed by atoms with Crippen molar-refractivity contribution in [3.63, 3.8) is 0 Å². The highest BCUT2D eigenvalue weighted by Gasteiger charge is 2.32. The van der Waals surface area contributed by atoms with Crippen molar-refractivity contribution in [3.8, 4) is 0 Å². The van der Waals surface area contributed by atoms with Crippen molar-refractivity contribution in [2.45, 2.75) is 44.2 Å². The van der Waals surface area contributed by atoms with Crippen LogP contribution in [0.25, 0.3) is 0 Å². The summed E-state index contributed by atoms with van der Waals surface area (Å²) in [5.74, 6) is 0.404. The number of carbonyl (C=O) groups is 1. The van der Waals surface area contributed by atoms with Crippen LogP contribution in [0.2, 0.25) is 0 Å². The van der Waals surface area contributed by atoms with Gasteiger partial charge in [-0.05, 0) is 37.3 Å².